The lowest BCUT2D eigenvalue weighted by molar-refractivity contribution is -0.180. The molecule has 7 heteroatoms. The highest BCUT2D eigenvalue weighted by Gasteiger charge is 2.61. The van der Waals surface area contributed by atoms with Gasteiger partial charge in [-0.25, -0.2) is 9.59 Å². The van der Waals surface area contributed by atoms with Crippen LogP contribution >= 0.6 is 0 Å². The first-order chi connectivity index (χ1) is 11.4. The third-order valence-electron chi connectivity index (χ3n) is 3.82. The number of aliphatic hydroxyl groups is 1. The first-order valence-electron chi connectivity index (χ1n) is 7.09. The summed E-state index contributed by atoms with van der Waals surface area (Å²) in [6, 6.07) is 13.7. The standard InChI is InChI=1S/C17H14O7/c18-14-12-7-6-11(23-9-10-4-2-1-3-5-10)8-13(12)24-17(14,15(19)20)16(21)22/h1-8,14,18H,9H2,(H,19,20)(H,21,22). The van der Waals surface area contributed by atoms with Crippen LogP contribution in [-0.2, 0) is 16.2 Å². The molecule has 1 heterocycles. The smallest absolute Gasteiger partial charge is 0.363 e. The Morgan fingerprint density at radius 1 is 1.08 bits per heavy atom. The molecule has 124 valence electrons. The minimum Gasteiger partial charge on any atom is -0.489 e. The van der Waals surface area contributed by atoms with Gasteiger partial charge in [0.05, 0.1) is 0 Å². The number of hydrogen-bond acceptors (Lipinski definition) is 5. The van der Waals surface area contributed by atoms with E-state index in [1.165, 1.54) is 18.2 Å². The molecule has 0 aliphatic carbocycles. The van der Waals surface area contributed by atoms with E-state index < -0.39 is 23.6 Å². The van der Waals surface area contributed by atoms with E-state index in [9.17, 15) is 24.9 Å². The highest BCUT2D eigenvalue weighted by molar-refractivity contribution is 6.04. The average Bonchev–Trinajstić information content (AvgIpc) is 2.87. The Morgan fingerprint density at radius 2 is 1.75 bits per heavy atom. The van der Waals surface area contributed by atoms with Crippen LogP contribution in [0.2, 0.25) is 0 Å². The van der Waals surface area contributed by atoms with Crippen LogP contribution in [-0.4, -0.2) is 32.9 Å². The minimum atomic E-state index is -2.75. The molecule has 1 aliphatic heterocycles. The molecule has 0 aromatic heterocycles. The lowest BCUT2D eigenvalue weighted by Gasteiger charge is -2.22. The summed E-state index contributed by atoms with van der Waals surface area (Å²) in [5.74, 6) is -3.20. The molecule has 24 heavy (non-hydrogen) atoms. The van der Waals surface area contributed by atoms with Crippen molar-refractivity contribution in [3.05, 3.63) is 59.7 Å². The fourth-order valence-corrected chi connectivity index (χ4v) is 2.52. The molecular formula is C17H14O7. The highest BCUT2D eigenvalue weighted by atomic mass is 16.6. The van der Waals surface area contributed by atoms with Gasteiger partial charge in [-0.05, 0) is 17.7 Å². The van der Waals surface area contributed by atoms with Crippen molar-refractivity contribution in [1.82, 2.24) is 0 Å². The summed E-state index contributed by atoms with van der Waals surface area (Å²) >= 11 is 0. The second kappa shape index (κ2) is 5.86. The van der Waals surface area contributed by atoms with Gasteiger partial charge in [0.15, 0.2) is 0 Å². The SMILES string of the molecule is O=C(O)C1(C(=O)O)Oc2cc(OCc3ccccc3)ccc2C1O. The molecule has 0 saturated heterocycles. The fraction of sp³-hybridized carbons (Fsp3) is 0.176. The zero-order chi connectivity index (χ0) is 17.3. The Balaban J connectivity index is 1.84. The second-order valence-corrected chi connectivity index (χ2v) is 5.32. The van der Waals surface area contributed by atoms with Crippen LogP contribution in [0.3, 0.4) is 0 Å². The first-order valence-corrected chi connectivity index (χ1v) is 7.09. The summed E-state index contributed by atoms with van der Waals surface area (Å²) in [5, 5.41) is 28.5. The van der Waals surface area contributed by atoms with Crippen molar-refractivity contribution in [2.75, 3.05) is 0 Å². The van der Waals surface area contributed by atoms with Crippen molar-refractivity contribution in [1.29, 1.82) is 0 Å². The molecule has 0 radical (unpaired) electrons. The minimum absolute atomic E-state index is 0.0298. The number of carbonyl (C=O) groups is 2. The Bertz CT molecular complexity index is 771. The quantitative estimate of drug-likeness (QED) is 0.714. The van der Waals surface area contributed by atoms with Gasteiger partial charge in [0.2, 0.25) is 0 Å². The van der Waals surface area contributed by atoms with E-state index in [4.69, 9.17) is 9.47 Å². The summed E-state index contributed by atoms with van der Waals surface area (Å²) in [6.07, 6.45) is -1.81. The second-order valence-electron chi connectivity index (χ2n) is 5.32. The van der Waals surface area contributed by atoms with Crippen molar-refractivity contribution in [3.8, 4) is 11.5 Å². The predicted octanol–water partition coefficient (Wildman–Crippen LogP) is 1.60. The first kappa shape index (κ1) is 15.8. The molecule has 0 fully saturated rings. The average molecular weight is 330 g/mol. The number of fused-ring (bicyclic) bond motifs is 1. The Morgan fingerprint density at radius 3 is 2.38 bits per heavy atom. The zero-order valence-electron chi connectivity index (χ0n) is 12.4. The predicted molar refractivity (Wildman–Crippen MR) is 80.8 cm³/mol. The van der Waals surface area contributed by atoms with Gasteiger partial charge >= 0.3 is 17.5 Å². The number of aliphatic hydroxyl groups excluding tert-OH is 1. The Labute approximate surface area is 136 Å². The van der Waals surface area contributed by atoms with Crippen LogP contribution < -0.4 is 9.47 Å². The largest absolute Gasteiger partial charge is 0.489 e. The van der Waals surface area contributed by atoms with Crippen molar-refractivity contribution >= 4 is 11.9 Å². The summed E-state index contributed by atoms with van der Waals surface area (Å²) in [5.41, 5.74) is -1.73. The lowest BCUT2D eigenvalue weighted by atomic mass is 9.94. The van der Waals surface area contributed by atoms with E-state index >= 15 is 0 Å². The van der Waals surface area contributed by atoms with Crippen LogP contribution in [0.5, 0.6) is 11.5 Å². The Kier molecular flexibility index (Phi) is 3.86. The van der Waals surface area contributed by atoms with Crippen LogP contribution in [0.4, 0.5) is 0 Å². The van der Waals surface area contributed by atoms with Gasteiger partial charge in [0.1, 0.15) is 24.2 Å². The van der Waals surface area contributed by atoms with Crippen molar-refractivity contribution in [2.45, 2.75) is 18.3 Å². The summed E-state index contributed by atoms with van der Waals surface area (Å²) in [6.45, 7) is 0.283. The molecule has 0 saturated carbocycles. The number of hydrogen-bond donors (Lipinski definition) is 3. The van der Waals surface area contributed by atoms with Crippen molar-refractivity contribution in [2.24, 2.45) is 0 Å². The van der Waals surface area contributed by atoms with E-state index in [0.29, 0.717) is 5.75 Å². The molecular weight excluding hydrogens is 316 g/mol. The molecule has 1 atom stereocenters. The van der Waals surface area contributed by atoms with Crippen molar-refractivity contribution in [3.63, 3.8) is 0 Å². The molecule has 3 rings (SSSR count). The number of carboxylic acid groups (broad SMARTS) is 2. The summed E-state index contributed by atoms with van der Waals surface area (Å²) in [4.78, 5) is 22.7. The normalized spacial score (nSPS) is 17.6. The Hall–Kier alpha value is -3.06. The van der Waals surface area contributed by atoms with Gasteiger partial charge in [-0.3, -0.25) is 0 Å². The number of benzene rings is 2. The molecule has 3 N–H and O–H groups in total. The van der Waals surface area contributed by atoms with E-state index in [0.717, 1.165) is 5.56 Å². The van der Waals surface area contributed by atoms with Crippen LogP contribution in [0, 0.1) is 0 Å². The molecule has 1 aliphatic rings. The summed E-state index contributed by atoms with van der Waals surface area (Å²) in [7, 11) is 0. The van der Waals surface area contributed by atoms with E-state index in [2.05, 4.69) is 0 Å². The monoisotopic (exact) mass is 330 g/mol. The van der Waals surface area contributed by atoms with E-state index in [1.54, 1.807) is 0 Å². The highest BCUT2D eigenvalue weighted by Crippen LogP contribution is 2.45. The zero-order valence-corrected chi connectivity index (χ0v) is 12.4. The maximum Gasteiger partial charge on any atom is 0.363 e. The van der Waals surface area contributed by atoms with Crippen molar-refractivity contribution < 1.29 is 34.4 Å². The van der Waals surface area contributed by atoms with Gasteiger partial charge in [-0.2, -0.15) is 0 Å². The van der Waals surface area contributed by atoms with Crippen LogP contribution in [0.1, 0.15) is 17.2 Å². The number of aliphatic carboxylic acids is 2. The van der Waals surface area contributed by atoms with E-state index in [1.807, 2.05) is 30.3 Å². The molecule has 0 bridgehead atoms. The third kappa shape index (κ3) is 2.44. The maximum absolute atomic E-state index is 11.3. The number of rotatable bonds is 5. The lowest BCUT2D eigenvalue weighted by Crippen LogP contribution is -2.53. The number of ether oxygens (including phenoxy) is 2. The third-order valence-corrected chi connectivity index (χ3v) is 3.82. The molecule has 0 amide bonds. The fourth-order valence-electron chi connectivity index (χ4n) is 2.52. The van der Waals surface area contributed by atoms with Gasteiger partial charge in [0, 0.05) is 11.6 Å². The molecule has 7 nitrogen and oxygen atoms in total. The van der Waals surface area contributed by atoms with Crippen LogP contribution in [0.15, 0.2) is 48.5 Å². The molecule has 0 spiro atoms. The van der Waals surface area contributed by atoms with E-state index in [-0.39, 0.29) is 17.9 Å². The summed E-state index contributed by atoms with van der Waals surface area (Å²) < 4.78 is 10.7. The molecule has 1 unspecified atom stereocenters. The maximum atomic E-state index is 11.3. The topological polar surface area (TPSA) is 113 Å². The molecule has 2 aromatic carbocycles. The van der Waals surface area contributed by atoms with Crippen LogP contribution in [0.25, 0.3) is 0 Å². The van der Waals surface area contributed by atoms with Gasteiger partial charge in [-0.1, -0.05) is 30.3 Å². The van der Waals surface area contributed by atoms with Gasteiger partial charge in [-0.15, -0.1) is 0 Å². The van der Waals surface area contributed by atoms with Gasteiger partial charge < -0.3 is 24.8 Å². The van der Waals surface area contributed by atoms with Gasteiger partial charge in [0.25, 0.3) is 0 Å². The molecule has 2 aromatic rings. The number of carboxylic acids is 2.